The number of hydrogen-bond donors (Lipinski definition) is 1. The van der Waals surface area contributed by atoms with Crippen molar-refractivity contribution in [3.8, 4) is 0 Å². The molecule has 0 amide bonds. The Morgan fingerprint density at radius 2 is 2.19 bits per heavy atom. The van der Waals surface area contributed by atoms with Gasteiger partial charge in [-0.25, -0.2) is 0 Å². The minimum absolute atomic E-state index is 0.0468. The molecule has 1 heterocycles. The van der Waals surface area contributed by atoms with E-state index in [2.05, 4.69) is 19.9 Å². The first-order valence-electron chi connectivity index (χ1n) is 9.13. The van der Waals surface area contributed by atoms with Crippen LogP contribution in [-0.2, 0) is 19.1 Å². The highest BCUT2D eigenvalue weighted by atomic mass is 35.5. The van der Waals surface area contributed by atoms with Crippen molar-refractivity contribution >= 4 is 23.4 Å². The Morgan fingerprint density at radius 1 is 1.52 bits per heavy atom. The van der Waals surface area contributed by atoms with Crippen molar-refractivity contribution in [3.05, 3.63) is 46.2 Å². The molecule has 1 N–H and O–H groups in total. The van der Waals surface area contributed by atoms with E-state index in [1.165, 1.54) is 13.8 Å². The van der Waals surface area contributed by atoms with E-state index in [0.29, 0.717) is 17.3 Å². The van der Waals surface area contributed by atoms with E-state index in [1.807, 2.05) is 19.1 Å². The fourth-order valence-electron chi connectivity index (χ4n) is 3.24. The molecule has 0 aromatic carbocycles. The van der Waals surface area contributed by atoms with Crippen molar-refractivity contribution in [2.75, 3.05) is 6.61 Å². The maximum absolute atomic E-state index is 12.5. The van der Waals surface area contributed by atoms with Gasteiger partial charge in [0.1, 0.15) is 11.9 Å². The van der Waals surface area contributed by atoms with Crippen LogP contribution in [0.25, 0.3) is 0 Å². The molecule has 0 aromatic rings. The number of ether oxygens (including phenoxy) is 2. The van der Waals surface area contributed by atoms with Gasteiger partial charge in [0, 0.05) is 6.92 Å². The second-order valence-corrected chi connectivity index (χ2v) is 7.75. The average Bonchev–Trinajstić information content (AvgIpc) is 2.61. The number of allylic oxidation sites excluding steroid dienone is 5. The SMILES string of the molecule is CC[C@@H](C)/C=C(C)/C=C/C1=CC2=C(Cl)C(=O)[C@](C)(O)[C@H](OC(C)=O)[C@H]2CO1. The molecule has 4 atom stereocenters. The number of carbonyl (C=O) groups excluding carboxylic acids is 2. The van der Waals surface area contributed by atoms with Gasteiger partial charge in [0.05, 0.1) is 17.6 Å². The van der Waals surface area contributed by atoms with Gasteiger partial charge in [-0.3, -0.25) is 9.59 Å². The largest absolute Gasteiger partial charge is 0.493 e. The number of rotatable bonds is 5. The van der Waals surface area contributed by atoms with Crippen LogP contribution in [0.1, 0.15) is 41.0 Å². The van der Waals surface area contributed by atoms with Crippen LogP contribution >= 0.6 is 11.6 Å². The standard InChI is InChI=1S/C21H27ClO5/c1-6-12(2)9-13(3)7-8-15-10-16-17(11-26-15)20(27-14(4)23)21(5,25)19(24)18(16)22/h7-10,12,17,20,25H,6,11H2,1-5H3/b8-7+,13-9+/t12-,17+,20-,21+/m1/s1. The summed E-state index contributed by atoms with van der Waals surface area (Å²) >= 11 is 6.24. The number of fused-ring (bicyclic) bond motifs is 1. The second-order valence-electron chi connectivity index (χ2n) is 7.37. The number of carbonyl (C=O) groups is 2. The lowest BCUT2D eigenvalue weighted by Gasteiger charge is -2.42. The molecule has 0 saturated carbocycles. The van der Waals surface area contributed by atoms with Gasteiger partial charge in [-0.1, -0.05) is 49.6 Å². The number of esters is 1. The molecule has 0 radical (unpaired) electrons. The van der Waals surface area contributed by atoms with Gasteiger partial charge < -0.3 is 14.6 Å². The van der Waals surface area contributed by atoms with Crippen LogP contribution in [0.4, 0.5) is 0 Å². The van der Waals surface area contributed by atoms with Crippen molar-refractivity contribution in [1.82, 2.24) is 0 Å². The third-order valence-electron chi connectivity index (χ3n) is 4.95. The molecular formula is C21H27ClO5. The molecule has 0 bridgehead atoms. The summed E-state index contributed by atoms with van der Waals surface area (Å²) in [4.78, 5) is 23.9. The number of hydrogen-bond acceptors (Lipinski definition) is 5. The van der Waals surface area contributed by atoms with E-state index in [4.69, 9.17) is 21.1 Å². The Kier molecular flexibility index (Phi) is 6.71. The zero-order chi connectivity index (χ0) is 20.4. The minimum Gasteiger partial charge on any atom is -0.493 e. The van der Waals surface area contributed by atoms with Crippen LogP contribution in [-0.4, -0.2) is 35.2 Å². The van der Waals surface area contributed by atoms with Crippen LogP contribution in [0, 0.1) is 11.8 Å². The average molecular weight is 395 g/mol. The van der Waals surface area contributed by atoms with E-state index in [1.54, 1.807) is 6.08 Å². The smallest absolute Gasteiger partial charge is 0.303 e. The van der Waals surface area contributed by atoms with Crippen LogP contribution < -0.4 is 0 Å². The summed E-state index contributed by atoms with van der Waals surface area (Å²) in [5.74, 6) is -0.697. The molecule has 2 aliphatic rings. The second kappa shape index (κ2) is 8.44. The molecule has 148 valence electrons. The summed E-state index contributed by atoms with van der Waals surface area (Å²) in [5, 5.41) is 10.5. The van der Waals surface area contributed by atoms with Gasteiger partial charge in [-0.2, -0.15) is 0 Å². The lowest BCUT2D eigenvalue weighted by atomic mass is 9.74. The molecule has 0 saturated heterocycles. The lowest BCUT2D eigenvalue weighted by molar-refractivity contribution is -0.174. The highest BCUT2D eigenvalue weighted by Gasteiger charge is 2.53. The number of Topliss-reactive ketones (excluding diaryl/α,β-unsaturated/α-hetero) is 1. The Hall–Kier alpha value is -1.85. The number of halogens is 1. The Balaban J connectivity index is 2.34. The van der Waals surface area contributed by atoms with Crippen molar-refractivity contribution < 1.29 is 24.2 Å². The monoisotopic (exact) mass is 394 g/mol. The van der Waals surface area contributed by atoms with Crippen molar-refractivity contribution in [2.45, 2.75) is 52.7 Å². The summed E-state index contributed by atoms with van der Waals surface area (Å²) in [6.07, 6.45) is 7.62. The first-order valence-corrected chi connectivity index (χ1v) is 9.50. The van der Waals surface area contributed by atoms with E-state index < -0.39 is 29.4 Å². The predicted octanol–water partition coefficient (Wildman–Crippen LogP) is 3.82. The molecule has 6 heteroatoms. The van der Waals surface area contributed by atoms with E-state index in [-0.39, 0.29) is 11.6 Å². The highest BCUT2D eigenvalue weighted by molar-refractivity contribution is 6.44. The Labute approximate surface area is 165 Å². The molecule has 27 heavy (non-hydrogen) atoms. The molecule has 0 spiro atoms. The summed E-state index contributed by atoms with van der Waals surface area (Å²) in [6, 6.07) is 0. The lowest BCUT2D eigenvalue weighted by Crippen LogP contribution is -2.57. The molecular weight excluding hydrogens is 368 g/mol. The number of aliphatic hydroxyl groups is 1. The molecule has 2 rings (SSSR count). The van der Waals surface area contributed by atoms with Crippen LogP contribution in [0.15, 0.2) is 46.2 Å². The van der Waals surface area contributed by atoms with E-state index in [9.17, 15) is 14.7 Å². The predicted molar refractivity (Wildman–Crippen MR) is 104 cm³/mol. The van der Waals surface area contributed by atoms with Crippen molar-refractivity contribution in [3.63, 3.8) is 0 Å². The van der Waals surface area contributed by atoms with Crippen LogP contribution in [0.5, 0.6) is 0 Å². The normalized spacial score (nSPS) is 30.0. The molecule has 5 nitrogen and oxygen atoms in total. The molecule has 0 fully saturated rings. The zero-order valence-electron chi connectivity index (χ0n) is 16.4. The van der Waals surface area contributed by atoms with Gasteiger partial charge >= 0.3 is 5.97 Å². The third-order valence-corrected chi connectivity index (χ3v) is 5.34. The maximum Gasteiger partial charge on any atom is 0.303 e. The first-order chi connectivity index (χ1) is 12.6. The molecule has 1 aliphatic heterocycles. The fraction of sp³-hybridized carbons (Fsp3) is 0.524. The van der Waals surface area contributed by atoms with Crippen molar-refractivity contribution in [2.24, 2.45) is 11.8 Å². The molecule has 1 aliphatic carbocycles. The summed E-state index contributed by atoms with van der Waals surface area (Å²) in [7, 11) is 0. The van der Waals surface area contributed by atoms with Gasteiger partial charge in [-0.15, -0.1) is 0 Å². The van der Waals surface area contributed by atoms with Gasteiger partial charge in [-0.05, 0) is 37.5 Å². The first kappa shape index (κ1) is 21.5. The minimum atomic E-state index is -1.89. The summed E-state index contributed by atoms with van der Waals surface area (Å²) < 4.78 is 11.0. The Bertz CT molecular complexity index is 742. The highest BCUT2D eigenvalue weighted by Crippen LogP contribution is 2.41. The zero-order valence-corrected chi connectivity index (χ0v) is 17.2. The summed E-state index contributed by atoms with van der Waals surface area (Å²) in [6.45, 7) is 8.99. The number of ketones is 1. The quantitative estimate of drug-likeness (QED) is 0.566. The van der Waals surface area contributed by atoms with Gasteiger partial charge in [0.25, 0.3) is 0 Å². The topological polar surface area (TPSA) is 72.8 Å². The van der Waals surface area contributed by atoms with Gasteiger partial charge in [0.15, 0.2) is 5.60 Å². The van der Waals surface area contributed by atoms with E-state index in [0.717, 1.165) is 12.0 Å². The molecule has 0 unspecified atom stereocenters. The van der Waals surface area contributed by atoms with Crippen LogP contribution in [0.2, 0.25) is 0 Å². The summed E-state index contributed by atoms with van der Waals surface area (Å²) in [5.41, 5.74) is -0.262. The van der Waals surface area contributed by atoms with Crippen LogP contribution in [0.3, 0.4) is 0 Å². The molecule has 0 aromatic heterocycles. The van der Waals surface area contributed by atoms with Gasteiger partial charge in [0.2, 0.25) is 5.78 Å². The Morgan fingerprint density at radius 3 is 2.78 bits per heavy atom. The maximum atomic E-state index is 12.5. The third kappa shape index (κ3) is 4.71. The van der Waals surface area contributed by atoms with Crippen molar-refractivity contribution in [1.29, 1.82) is 0 Å². The fourth-order valence-corrected chi connectivity index (χ4v) is 3.62. The van der Waals surface area contributed by atoms with E-state index >= 15 is 0 Å².